The predicted molar refractivity (Wildman–Crippen MR) is 96.1 cm³/mol. The smallest absolute Gasteiger partial charge is 0.315 e. The first kappa shape index (κ1) is 17.0. The second-order valence-corrected chi connectivity index (χ2v) is 5.80. The number of hydrogen-bond donors (Lipinski definition) is 2. The van der Waals surface area contributed by atoms with Crippen LogP contribution in [0.25, 0.3) is 10.9 Å². The maximum absolute atomic E-state index is 12.1. The van der Waals surface area contributed by atoms with E-state index in [9.17, 15) is 4.79 Å². The molecule has 0 unspecified atom stereocenters. The van der Waals surface area contributed by atoms with Crippen molar-refractivity contribution >= 4 is 16.9 Å². The van der Waals surface area contributed by atoms with Crippen LogP contribution in [0, 0.1) is 0 Å². The van der Waals surface area contributed by atoms with Crippen LogP contribution in [0.15, 0.2) is 41.1 Å². The molecule has 3 rings (SSSR count). The molecule has 3 aromatic rings. The highest BCUT2D eigenvalue weighted by atomic mass is 16.5. The quantitative estimate of drug-likeness (QED) is 0.722. The van der Waals surface area contributed by atoms with E-state index in [1.54, 1.807) is 6.20 Å². The Morgan fingerprint density at radius 3 is 2.76 bits per heavy atom. The monoisotopic (exact) mass is 338 g/mol. The lowest BCUT2D eigenvalue weighted by molar-refractivity contribution is 0.240. The van der Waals surface area contributed by atoms with Crippen molar-refractivity contribution in [2.24, 2.45) is 0 Å². The second-order valence-electron chi connectivity index (χ2n) is 5.80. The molecule has 2 aromatic heterocycles. The van der Waals surface area contributed by atoms with Crippen LogP contribution >= 0.6 is 0 Å². The number of benzene rings is 1. The first-order valence-corrected chi connectivity index (χ1v) is 8.53. The van der Waals surface area contributed by atoms with Gasteiger partial charge in [0.1, 0.15) is 5.76 Å². The molecular formula is C19H22N4O2. The average Bonchev–Trinajstić information content (AvgIpc) is 3.06. The fraction of sp³-hybridized carbons (Fsp3) is 0.316. The maximum atomic E-state index is 12.1. The number of amides is 2. The molecule has 0 aliphatic rings. The Balaban J connectivity index is 1.56. The molecule has 25 heavy (non-hydrogen) atoms. The van der Waals surface area contributed by atoms with Crippen LogP contribution in [0.5, 0.6) is 0 Å². The van der Waals surface area contributed by atoms with Gasteiger partial charge in [0, 0.05) is 36.7 Å². The zero-order chi connectivity index (χ0) is 17.6. The molecule has 6 nitrogen and oxygen atoms in total. The van der Waals surface area contributed by atoms with Gasteiger partial charge in [-0.3, -0.25) is 4.98 Å². The minimum absolute atomic E-state index is 0.211. The summed E-state index contributed by atoms with van der Waals surface area (Å²) in [7, 11) is 0. The van der Waals surface area contributed by atoms with E-state index in [0.717, 1.165) is 46.3 Å². The van der Waals surface area contributed by atoms with Crippen molar-refractivity contribution in [2.45, 2.75) is 39.8 Å². The lowest BCUT2D eigenvalue weighted by Crippen LogP contribution is -2.34. The van der Waals surface area contributed by atoms with Crippen LogP contribution in [0.2, 0.25) is 0 Å². The van der Waals surface area contributed by atoms with Gasteiger partial charge in [-0.15, -0.1) is 0 Å². The number of aromatic nitrogens is 2. The zero-order valence-electron chi connectivity index (χ0n) is 14.5. The van der Waals surface area contributed by atoms with E-state index in [-0.39, 0.29) is 6.03 Å². The zero-order valence-corrected chi connectivity index (χ0v) is 14.5. The second kappa shape index (κ2) is 7.79. The van der Waals surface area contributed by atoms with E-state index in [1.165, 1.54) is 0 Å². The molecule has 0 saturated carbocycles. The molecule has 0 saturated heterocycles. The van der Waals surface area contributed by atoms with E-state index in [0.29, 0.717) is 13.1 Å². The van der Waals surface area contributed by atoms with E-state index >= 15 is 0 Å². The van der Waals surface area contributed by atoms with Gasteiger partial charge in [-0.2, -0.15) is 0 Å². The van der Waals surface area contributed by atoms with Gasteiger partial charge in [0.2, 0.25) is 0 Å². The Hall–Kier alpha value is -2.89. The normalized spacial score (nSPS) is 10.8. The van der Waals surface area contributed by atoms with Gasteiger partial charge in [-0.25, -0.2) is 4.79 Å². The molecule has 0 atom stereocenters. The lowest BCUT2D eigenvalue weighted by Gasteiger charge is -2.09. The summed E-state index contributed by atoms with van der Waals surface area (Å²) < 4.78 is 5.31. The van der Waals surface area contributed by atoms with Crippen molar-refractivity contribution in [1.29, 1.82) is 0 Å². The number of nitrogens with one attached hydrogen (secondary N) is 2. The summed E-state index contributed by atoms with van der Waals surface area (Å²) in [6.45, 7) is 4.92. The van der Waals surface area contributed by atoms with Crippen molar-refractivity contribution in [3.05, 3.63) is 59.1 Å². The third-order valence-corrected chi connectivity index (χ3v) is 4.15. The summed E-state index contributed by atoms with van der Waals surface area (Å²) in [6.07, 6.45) is 3.32. The first-order chi connectivity index (χ1) is 12.2. The van der Waals surface area contributed by atoms with Crippen molar-refractivity contribution in [1.82, 2.24) is 20.8 Å². The van der Waals surface area contributed by atoms with Gasteiger partial charge in [0.25, 0.3) is 0 Å². The third kappa shape index (κ3) is 3.96. The fourth-order valence-electron chi connectivity index (χ4n) is 2.79. The van der Waals surface area contributed by atoms with Crippen LogP contribution in [-0.2, 0) is 25.9 Å². The molecule has 130 valence electrons. The average molecular weight is 338 g/mol. The number of urea groups is 1. The highest BCUT2D eigenvalue weighted by molar-refractivity contribution is 5.79. The van der Waals surface area contributed by atoms with E-state index < -0.39 is 0 Å². The summed E-state index contributed by atoms with van der Waals surface area (Å²) in [4.78, 5) is 16.4. The number of fused-ring (bicyclic) bond motifs is 1. The van der Waals surface area contributed by atoms with Crippen LogP contribution in [0.3, 0.4) is 0 Å². The molecule has 2 amide bonds. The molecule has 0 radical (unpaired) electrons. The molecular weight excluding hydrogens is 316 g/mol. The summed E-state index contributed by atoms with van der Waals surface area (Å²) in [6, 6.07) is 9.67. The highest BCUT2D eigenvalue weighted by Crippen LogP contribution is 2.15. The minimum atomic E-state index is -0.211. The lowest BCUT2D eigenvalue weighted by atomic mass is 10.1. The Morgan fingerprint density at radius 1 is 1.12 bits per heavy atom. The molecule has 2 N–H and O–H groups in total. The SMILES string of the molecule is CCc1noc(CC)c1CNC(=O)NCc1ccc2ncccc2c1. The van der Waals surface area contributed by atoms with E-state index in [4.69, 9.17) is 4.52 Å². The van der Waals surface area contributed by atoms with Crippen molar-refractivity contribution in [2.75, 3.05) is 0 Å². The predicted octanol–water partition coefficient (Wildman–Crippen LogP) is 3.35. The summed E-state index contributed by atoms with van der Waals surface area (Å²) in [5, 5.41) is 10.9. The number of aryl methyl sites for hydroxylation is 2. The largest absolute Gasteiger partial charge is 0.361 e. The molecule has 0 spiro atoms. The van der Waals surface area contributed by atoms with Gasteiger partial charge < -0.3 is 15.2 Å². The van der Waals surface area contributed by atoms with Crippen molar-refractivity contribution < 1.29 is 9.32 Å². The summed E-state index contributed by atoms with van der Waals surface area (Å²) in [5.41, 5.74) is 3.86. The van der Waals surface area contributed by atoms with Gasteiger partial charge in [0.05, 0.1) is 11.2 Å². The van der Waals surface area contributed by atoms with Gasteiger partial charge in [-0.05, 0) is 30.2 Å². The Kier molecular flexibility index (Phi) is 5.28. The molecule has 0 fully saturated rings. The highest BCUT2D eigenvalue weighted by Gasteiger charge is 2.14. The van der Waals surface area contributed by atoms with Gasteiger partial charge in [-0.1, -0.05) is 31.1 Å². The summed E-state index contributed by atoms with van der Waals surface area (Å²) >= 11 is 0. The molecule has 0 bridgehead atoms. The van der Waals surface area contributed by atoms with Gasteiger partial charge in [0.15, 0.2) is 0 Å². The van der Waals surface area contributed by atoms with Crippen molar-refractivity contribution in [3.63, 3.8) is 0 Å². The van der Waals surface area contributed by atoms with Gasteiger partial charge >= 0.3 is 6.03 Å². The molecule has 0 aliphatic carbocycles. The Bertz CT molecular complexity index is 851. The van der Waals surface area contributed by atoms with Crippen LogP contribution < -0.4 is 10.6 Å². The van der Waals surface area contributed by atoms with E-state index in [2.05, 4.69) is 20.8 Å². The third-order valence-electron chi connectivity index (χ3n) is 4.15. The Labute approximate surface area is 146 Å². The van der Waals surface area contributed by atoms with Crippen LogP contribution in [-0.4, -0.2) is 16.2 Å². The molecule has 1 aromatic carbocycles. The fourth-order valence-corrected chi connectivity index (χ4v) is 2.79. The number of carbonyl (C=O) groups is 1. The van der Waals surface area contributed by atoms with E-state index in [1.807, 2.05) is 44.2 Å². The number of nitrogens with zero attached hydrogens (tertiary/aromatic N) is 2. The van der Waals surface area contributed by atoms with Crippen LogP contribution in [0.1, 0.15) is 36.4 Å². The molecule has 6 heteroatoms. The van der Waals surface area contributed by atoms with Crippen molar-refractivity contribution in [3.8, 4) is 0 Å². The minimum Gasteiger partial charge on any atom is -0.361 e. The topological polar surface area (TPSA) is 80.0 Å². The summed E-state index contributed by atoms with van der Waals surface area (Å²) in [5.74, 6) is 0.833. The van der Waals surface area contributed by atoms with Crippen LogP contribution in [0.4, 0.5) is 4.79 Å². The standard InChI is InChI=1S/C19H22N4O2/c1-3-16-15(18(4-2)25-23-16)12-22-19(24)21-11-13-7-8-17-14(10-13)6-5-9-20-17/h5-10H,3-4,11-12H2,1-2H3,(H2,21,22,24). The first-order valence-electron chi connectivity index (χ1n) is 8.53. The number of hydrogen-bond acceptors (Lipinski definition) is 4. The maximum Gasteiger partial charge on any atom is 0.315 e. The number of pyridine rings is 1. The molecule has 2 heterocycles. The Morgan fingerprint density at radius 2 is 1.96 bits per heavy atom. The molecule has 0 aliphatic heterocycles. The number of carbonyl (C=O) groups excluding carboxylic acids is 1. The number of rotatable bonds is 6.